The second kappa shape index (κ2) is 7.77. The Morgan fingerprint density at radius 2 is 1.86 bits per heavy atom. The van der Waals surface area contributed by atoms with Crippen molar-refractivity contribution in [1.29, 1.82) is 5.26 Å². The summed E-state index contributed by atoms with van der Waals surface area (Å²) < 4.78 is 4.74. The third-order valence-electron chi connectivity index (χ3n) is 2.38. The van der Waals surface area contributed by atoms with E-state index in [0.29, 0.717) is 0 Å². The molecule has 1 rings (SSSR count). The summed E-state index contributed by atoms with van der Waals surface area (Å²) in [5.74, 6) is -2.89. The van der Waals surface area contributed by atoms with Gasteiger partial charge in [-0.15, -0.1) is 0 Å². The predicted octanol–water partition coefficient (Wildman–Crippen LogP) is 2.32. The van der Waals surface area contributed by atoms with Crippen molar-refractivity contribution in [2.45, 2.75) is 0 Å². The Hall–Kier alpha value is -1.36. The highest BCUT2D eigenvalue weighted by Crippen LogP contribution is 2.36. The van der Waals surface area contributed by atoms with Gasteiger partial charge in [-0.2, -0.15) is 5.26 Å². The second-order valence-corrected chi connectivity index (χ2v) is 5.45. The van der Waals surface area contributed by atoms with Crippen LogP contribution in [0.5, 0.6) is 0 Å². The minimum absolute atomic E-state index is 0.0947. The number of aromatic nitrogens is 1. The maximum absolute atomic E-state index is 11.9. The SMILES string of the molecule is C=C([NH3+])[C@H](C#N)C(=O)COC(=O)c1nc(Cl)c(Cl)c(Cl)c1Cl. The minimum atomic E-state index is -1.17. The Kier molecular flexibility index (Phi) is 6.60. The van der Waals surface area contributed by atoms with Crippen molar-refractivity contribution in [1.82, 2.24) is 4.98 Å². The van der Waals surface area contributed by atoms with Gasteiger partial charge in [0, 0.05) is 0 Å². The molecule has 0 aliphatic carbocycles. The number of hydrogen-bond acceptors (Lipinski definition) is 5. The third-order valence-corrected chi connectivity index (χ3v) is 4.06. The number of rotatable bonds is 5. The summed E-state index contributed by atoms with van der Waals surface area (Å²) in [6.45, 7) is 2.72. The van der Waals surface area contributed by atoms with E-state index < -0.39 is 30.0 Å². The first-order valence-electron chi connectivity index (χ1n) is 5.50. The number of hydrogen-bond donors (Lipinski definition) is 1. The molecule has 1 atom stereocenters. The van der Waals surface area contributed by atoms with Crippen molar-refractivity contribution >= 4 is 58.2 Å². The third kappa shape index (κ3) is 4.09. The van der Waals surface area contributed by atoms with Crippen molar-refractivity contribution in [3.63, 3.8) is 0 Å². The fraction of sp³-hybridized carbons (Fsp3) is 0.167. The van der Waals surface area contributed by atoms with Gasteiger partial charge in [0.2, 0.25) is 0 Å². The van der Waals surface area contributed by atoms with Gasteiger partial charge in [0.25, 0.3) is 0 Å². The Labute approximate surface area is 145 Å². The number of quaternary nitrogens is 1. The zero-order valence-electron chi connectivity index (χ0n) is 10.8. The number of Topliss-reactive ketones (excluding diaryl/α,β-unsaturated/α-hetero) is 1. The first-order chi connectivity index (χ1) is 10.2. The molecule has 0 amide bonds. The topological polar surface area (TPSA) is 108 Å². The van der Waals surface area contributed by atoms with E-state index in [9.17, 15) is 9.59 Å². The van der Waals surface area contributed by atoms with Crippen LogP contribution < -0.4 is 5.73 Å². The average Bonchev–Trinajstić information content (AvgIpc) is 2.46. The van der Waals surface area contributed by atoms with E-state index in [-0.39, 0.29) is 25.9 Å². The molecule has 1 aromatic rings. The summed E-state index contributed by atoms with van der Waals surface area (Å²) in [6, 6.07) is 1.70. The average molecular weight is 384 g/mol. The minimum Gasteiger partial charge on any atom is -0.453 e. The predicted molar refractivity (Wildman–Crippen MR) is 80.7 cm³/mol. The number of ether oxygens (including phenoxy) is 1. The van der Waals surface area contributed by atoms with E-state index >= 15 is 0 Å². The van der Waals surface area contributed by atoms with Crippen LogP contribution in [0.4, 0.5) is 0 Å². The molecule has 0 bridgehead atoms. The summed E-state index contributed by atoms with van der Waals surface area (Å²) in [4.78, 5) is 27.2. The molecule has 1 aromatic heterocycles. The maximum atomic E-state index is 11.9. The Bertz CT molecular complexity index is 700. The number of halogens is 4. The lowest BCUT2D eigenvalue weighted by molar-refractivity contribution is -0.309. The lowest BCUT2D eigenvalue weighted by Crippen LogP contribution is -2.51. The van der Waals surface area contributed by atoms with Gasteiger partial charge in [-0.3, -0.25) is 4.79 Å². The summed E-state index contributed by atoms with van der Waals surface area (Å²) in [5, 5.41) is 8.03. The van der Waals surface area contributed by atoms with Gasteiger partial charge in [0.1, 0.15) is 10.9 Å². The quantitative estimate of drug-likeness (QED) is 0.619. The number of carbonyl (C=O) groups is 2. The number of allylic oxidation sites excluding steroid dienone is 1. The monoisotopic (exact) mass is 382 g/mol. The number of pyridine rings is 1. The van der Waals surface area contributed by atoms with Crippen LogP contribution in [-0.2, 0) is 9.53 Å². The normalized spacial score (nSPS) is 11.5. The number of carbonyl (C=O) groups excluding carboxylic acids is 2. The number of nitrogens with zero attached hydrogens (tertiary/aromatic N) is 2. The first kappa shape index (κ1) is 18.7. The van der Waals surface area contributed by atoms with Gasteiger partial charge in [0.15, 0.2) is 24.0 Å². The molecule has 0 saturated carbocycles. The van der Waals surface area contributed by atoms with Gasteiger partial charge in [-0.25, -0.2) is 9.78 Å². The second-order valence-electron chi connectivity index (χ2n) is 3.96. The van der Waals surface area contributed by atoms with E-state index in [1.54, 1.807) is 6.07 Å². The van der Waals surface area contributed by atoms with E-state index in [1.807, 2.05) is 0 Å². The zero-order chi connectivity index (χ0) is 17.0. The molecule has 0 aliphatic rings. The molecular formula is C12H8Cl4N3O3+. The molecule has 0 fully saturated rings. The molecule has 10 heteroatoms. The summed E-state index contributed by atoms with van der Waals surface area (Å²) >= 11 is 23.0. The summed E-state index contributed by atoms with van der Waals surface area (Å²) in [6.07, 6.45) is 0. The maximum Gasteiger partial charge on any atom is 0.359 e. The number of nitriles is 1. The summed E-state index contributed by atoms with van der Waals surface area (Å²) in [7, 11) is 0. The molecule has 0 saturated heterocycles. The van der Waals surface area contributed by atoms with Crippen LogP contribution in [0.15, 0.2) is 12.3 Å². The molecule has 0 unspecified atom stereocenters. The van der Waals surface area contributed by atoms with Crippen LogP contribution in [0.1, 0.15) is 10.5 Å². The van der Waals surface area contributed by atoms with E-state index in [1.165, 1.54) is 0 Å². The van der Waals surface area contributed by atoms with Crippen LogP contribution in [-0.4, -0.2) is 23.3 Å². The fourth-order valence-corrected chi connectivity index (χ4v) is 2.11. The van der Waals surface area contributed by atoms with Crippen molar-refractivity contribution in [3.8, 4) is 6.07 Å². The van der Waals surface area contributed by atoms with E-state index in [4.69, 9.17) is 56.4 Å². The lowest BCUT2D eigenvalue weighted by Gasteiger charge is -2.09. The fourth-order valence-electron chi connectivity index (χ4n) is 1.30. The molecule has 0 spiro atoms. The molecule has 6 nitrogen and oxygen atoms in total. The van der Waals surface area contributed by atoms with E-state index in [0.717, 1.165) is 0 Å². The largest absolute Gasteiger partial charge is 0.453 e. The van der Waals surface area contributed by atoms with Crippen molar-refractivity contribution < 1.29 is 20.1 Å². The van der Waals surface area contributed by atoms with Crippen LogP contribution >= 0.6 is 46.4 Å². The highest BCUT2D eigenvalue weighted by atomic mass is 35.5. The zero-order valence-corrected chi connectivity index (χ0v) is 13.9. The van der Waals surface area contributed by atoms with Gasteiger partial charge in [-0.1, -0.05) is 46.4 Å². The molecular weight excluding hydrogens is 376 g/mol. The standard InChI is InChI=1S/C12H7Cl4N3O3/c1-4(18)5(2-17)6(20)3-22-12(21)10-8(14)7(13)9(15)11(16)19-10/h5H,1,3,18H2/p+1/t5-/m0/s1. The molecule has 116 valence electrons. The molecule has 0 aromatic carbocycles. The van der Waals surface area contributed by atoms with Crippen LogP contribution in [0, 0.1) is 17.2 Å². The van der Waals surface area contributed by atoms with Crippen LogP contribution in [0.25, 0.3) is 0 Å². The van der Waals surface area contributed by atoms with Crippen molar-refractivity contribution in [2.75, 3.05) is 6.61 Å². The van der Waals surface area contributed by atoms with Gasteiger partial charge >= 0.3 is 5.97 Å². The van der Waals surface area contributed by atoms with Crippen LogP contribution in [0.3, 0.4) is 0 Å². The number of ketones is 1. The Balaban J connectivity index is 2.90. The Morgan fingerprint density at radius 3 is 2.36 bits per heavy atom. The molecule has 0 aliphatic heterocycles. The van der Waals surface area contributed by atoms with Gasteiger partial charge in [-0.05, 0) is 6.58 Å². The molecule has 0 radical (unpaired) electrons. The van der Waals surface area contributed by atoms with Crippen molar-refractivity contribution in [3.05, 3.63) is 38.2 Å². The number of esters is 1. The van der Waals surface area contributed by atoms with Gasteiger partial charge < -0.3 is 10.5 Å². The smallest absolute Gasteiger partial charge is 0.359 e. The molecule has 3 N–H and O–H groups in total. The summed E-state index contributed by atoms with van der Waals surface area (Å²) in [5.41, 5.74) is 3.10. The first-order valence-corrected chi connectivity index (χ1v) is 7.02. The highest BCUT2D eigenvalue weighted by molar-refractivity contribution is 6.52. The Morgan fingerprint density at radius 1 is 1.27 bits per heavy atom. The van der Waals surface area contributed by atoms with E-state index in [2.05, 4.69) is 17.3 Å². The van der Waals surface area contributed by atoms with Crippen molar-refractivity contribution in [2.24, 2.45) is 5.92 Å². The molecule has 22 heavy (non-hydrogen) atoms. The lowest BCUT2D eigenvalue weighted by atomic mass is 10.0. The van der Waals surface area contributed by atoms with Crippen LogP contribution in [0.2, 0.25) is 20.2 Å². The highest BCUT2D eigenvalue weighted by Gasteiger charge is 2.26. The molecule has 1 heterocycles. The van der Waals surface area contributed by atoms with Gasteiger partial charge in [0.05, 0.1) is 21.1 Å².